The molecule has 2 aliphatic carbocycles. The summed E-state index contributed by atoms with van der Waals surface area (Å²) in [5.41, 5.74) is 1.74. The van der Waals surface area contributed by atoms with Crippen LogP contribution in [0.1, 0.15) is 59.3 Å². The SMILES string of the molecule is C=C1CCC[C@]2(C)C[C@H]3OC(=O)[C@H](C[NH2+][C@H](C)CC)[C@H]3C[C@@H]12. The summed E-state index contributed by atoms with van der Waals surface area (Å²) in [6.07, 6.45) is 7.17. The topological polar surface area (TPSA) is 42.9 Å². The Morgan fingerprint density at radius 2 is 2.27 bits per heavy atom. The molecule has 3 fully saturated rings. The molecule has 0 unspecified atom stereocenters. The molecular formula is C19H32NO2+. The Labute approximate surface area is 134 Å². The predicted molar refractivity (Wildman–Crippen MR) is 87.2 cm³/mol. The van der Waals surface area contributed by atoms with Gasteiger partial charge in [-0.15, -0.1) is 0 Å². The first-order valence-electron chi connectivity index (χ1n) is 9.16. The second-order valence-corrected chi connectivity index (χ2v) is 8.26. The maximum atomic E-state index is 12.4. The van der Waals surface area contributed by atoms with Gasteiger partial charge in [0.05, 0.1) is 12.6 Å². The molecule has 6 atom stereocenters. The Hall–Kier alpha value is -0.830. The van der Waals surface area contributed by atoms with Crippen LogP contribution < -0.4 is 5.32 Å². The maximum absolute atomic E-state index is 12.4. The zero-order chi connectivity index (χ0) is 15.9. The first kappa shape index (κ1) is 16.0. The second-order valence-electron chi connectivity index (χ2n) is 8.26. The van der Waals surface area contributed by atoms with Crippen LogP contribution in [-0.4, -0.2) is 24.7 Å². The zero-order valence-corrected chi connectivity index (χ0v) is 14.4. The standard InChI is InChI=1S/C19H31NO2/c1-5-13(3)20-11-15-14-9-16-12(2)7-6-8-19(16,4)10-17(14)22-18(15)21/h13-17,20H,2,5-11H2,1,3-4H3/p+1/t13-,14-,15-,16+,17-,19-/m1/s1. The van der Waals surface area contributed by atoms with Crippen LogP contribution in [0.2, 0.25) is 0 Å². The zero-order valence-electron chi connectivity index (χ0n) is 14.4. The Morgan fingerprint density at radius 1 is 1.50 bits per heavy atom. The van der Waals surface area contributed by atoms with Gasteiger partial charge in [0, 0.05) is 5.92 Å². The number of allylic oxidation sites excluding steroid dienone is 1. The predicted octanol–water partition coefficient (Wildman–Crippen LogP) is 2.66. The quantitative estimate of drug-likeness (QED) is 0.641. The monoisotopic (exact) mass is 306 g/mol. The number of nitrogens with two attached hydrogens (primary N) is 1. The third-order valence-electron chi connectivity index (χ3n) is 6.76. The molecule has 22 heavy (non-hydrogen) atoms. The summed E-state index contributed by atoms with van der Waals surface area (Å²) >= 11 is 0. The summed E-state index contributed by atoms with van der Waals surface area (Å²) < 4.78 is 5.80. The molecule has 124 valence electrons. The van der Waals surface area contributed by atoms with Crippen molar-refractivity contribution in [2.75, 3.05) is 6.54 Å². The van der Waals surface area contributed by atoms with Crippen molar-refractivity contribution in [1.82, 2.24) is 0 Å². The van der Waals surface area contributed by atoms with Gasteiger partial charge in [0.25, 0.3) is 0 Å². The fourth-order valence-electron chi connectivity index (χ4n) is 5.07. The van der Waals surface area contributed by atoms with Gasteiger partial charge in [0.2, 0.25) is 0 Å². The molecular weight excluding hydrogens is 274 g/mol. The minimum absolute atomic E-state index is 0.0578. The van der Waals surface area contributed by atoms with Crippen molar-refractivity contribution in [3.05, 3.63) is 12.2 Å². The Morgan fingerprint density at radius 3 is 3.00 bits per heavy atom. The maximum Gasteiger partial charge on any atom is 0.315 e. The van der Waals surface area contributed by atoms with E-state index in [0.717, 1.165) is 25.8 Å². The van der Waals surface area contributed by atoms with E-state index in [1.807, 2.05) is 0 Å². The molecule has 0 bridgehead atoms. The van der Waals surface area contributed by atoms with Gasteiger partial charge < -0.3 is 10.1 Å². The van der Waals surface area contributed by atoms with Gasteiger partial charge in [-0.1, -0.05) is 26.0 Å². The normalized spacial score (nSPS) is 42.5. The molecule has 0 aromatic carbocycles. The van der Waals surface area contributed by atoms with Crippen molar-refractivity contribution in [3.63, 3.8) is 0 Å². The average molecular weight is 306 g/mol. The molecule has 2 saturated carbocycles. The lowest BCUT2D eigenvalue weighted by atomic mass is 9.55. The van der Waals surface area contributed by atoms with E-state index in [1.54, 1.807) is 0 Å². The molecule has 0 radical (unpaired) electrons. The third kappa shape index (κ3) is 2.73. The Kier molecular flexibility index (Phi) is 4.37. The number of fused-ring (bicyclic) bond motifs is 2. The van der Waals surface area contributed by atoms with Crippen LogP contribution in [0.4, 0.5) is 0 Å². The highest BCUT2D eigenvalue weighted by molar-refractivity contribution is 5.75. The lowest BCUT2D eigenvalue weighted by Gasteiger charge is -2.49. The number of rotatable bonds is 4. The molecule has 1 saturated heterocycles. The minimum atomic E-state index is 0.0578. The van der Waals surface area contributed by atoms with Crippen molar-refractivity contribution >= 4 is 5.97 Å². The van der Waals surface area contributed by atoms with Crippen LogP contribution >= 0.6 is 0 Å². The fourth-order valence-corrected chi connectivity index (χ4v) is 5.07. The number of carbonyl (C=O) groups is 1. The summed E-state index contributed by atoms with van der Waals surface area (Å²) in [4.78, 5) is 12.4. The van der Waals surface area contributed by atoms with Crippen LogP contribution in [0.15, 0.2) is 12.2 Å². The van der Waals surface area contributed by atoms with E-state index >= 15 is 0 Å². The molecule has 3 rings (SSSR count). The van der Waals surface area contributed by atoms with Gasteiger partial charge in [-0.2, -0.15) is 0 Å². The van der Waals surface area contributed by atoms with Gasteiger partial charge in [0.15, 0.2) is 0 Å². The molecule has 3 heteroatoms. The highest BCUT2D eigenvalue weighted by atomic mass is 16.6. The first-order chi connectivity index (χ1) is 10.4. The summed E-state index contributed by atoms with van der Waals surface area (Å²) in [5, 5.41) is 2.33. The molecule has 1 aliphatic heterocycles. The fraction of sp³-hybridized carbons (Fsp3) is 0.842. The van der Waals surface area contributed by atoms with Crippen LogP contribution in [-0.2, 0) is 9.53 Å². The summed E-state index contributed by atoms with van der Waals surface area (Å²) in [7, 11) is 0. The number of hydrogen-bond acceptors (Lipinski definition) is 2. The van der Waals surface area contributed by atoms with Crippen LogP contribution in [0, 0.1) is 23.2 Å². The summed E-state index contributed by atoms with van der Waals surface area (Å²) in [6.45, 7) is 12.1. The second kappa shape index (κ2) is 5.99. The van der Waals surface area contributed by atoms with Crippen molar-refractivity contribution in [2.45, 2.75) is 71.4 Å². The average Bonchev–Trinajstić information content (AvgIpc) is 2.77. The lowest BCUT2D eigenvalue weighted by Crippen LogP contribution is -2.90. The van der Waals surface area contributed by atoms with Gasteiger partial charge >= 0.3 is 5.97 Å². The number of quaternary nitrogens is 1. The number of esters is 1. The first-order valence-corrected chi connectivity index (χ1v) is 9.16. The van der Waals surface area contributed by atoms with Crippen LogP contribution in [0.5, 0.6) is 0 Å². The molecule has 0 spiro atoms. The molecule has 0 aromatic rings. The minimum Gasteiger partial charge on any atom is -0.462 e. The highest BCUT2D eigenvalue weighted by Gasteiger charge is 2.55. The van der Waals surface area contributed by atoms with Gasteiger partial charge in [0.1, 0.15) is 12.0 Å². The van der Waals surface area contributed by atoms with Gasteiger partial charge in [-0.25, -0.2) is 0 Å². The number of carbonyl (C=O) groups excluding carboxylic acids is 1. The van der Waals surface area contributed by atoms with E-state index in [1.165, 1.54) is 24.8 Å². The van der Waals surface area contributed by atoms with E-state index in [4.69, 9.17) is 4.74 Å². The number of ether oxygens (including phenoxy) is 1. The van der Waals surface area contributed by atoms with Crippen LogP contribution in [0.25, 0.3) is 0 Å². The van der Waals surface area contributed by atoms with Gasteiger partial charge in [-0.05, 0) is 56.8 Å². The summed E-state index contributed by atoms with van der Waals surface area (Å²) in [5.74, 6) is 1.17. The van der Waals surface area contributed by atoms with E-state index in [0.29, 0.717) is 23.3 Å². The van der Waals surface area contributed by atoms with E-state index in [9.17, 15) is 4.79 Å². The van der Waals surface area contributed by atoms with Gasteiger partial charge in [-0.3, -0.25) is 4.79 Å². The largest absolute Gasteiger partial charge is 0.462 e. The molecule has 1 heterocycles. The molecule has 3 aliphatic rings. The lowest BCUT2D eigenvalue weighted by molar-refractivity contribution is -0.690. The Balaban J connectivity index is 1.73. The van der Waals surface area contributed by atoms with Crippen molar-refractivity contribution in [2.24, 2.45) is 23.2 Å². The molecule has 3 nitrogen and oxygen atoms in total. The molecule has 0 amide bonds. The van der Waals surface area contributed by atoms with E-state index in [2.05, 4.69) is 32.7 Å². The van der Waals surface area contributed by atoms with E-state index in [-0.39, 0.29) is 18.0 Å². The highest BCUT2D eigenvalue weighted by Crippen LogP contribution is 2.56. The third-order valence-corrected chi connectivity index (χ3v) is 6.76. The smallest absolute Gasteiger partial charge is 0.315 e. The molecule has 0 aromatic heterocycles. The van der Waals surface area contributed by atoms with Crippen molar-refractivity contribution < 1.29 is 14.8 Å². The Bertz CT molecular complexity index is 460. The van der Waals surface area contributed by atoms with Crippen LogP contribution in [0.3, 0.4) is 0 Å². The summed E-state index contributed by atoms with van der Waals surface area (Å²) in [6, 6.07) is 0.588. The van der Waals surface area contributed by atoms with Crippen molar-refractivity contribution in [3.8, 4) is 0 Å². The molecule has 2 N–H and O–H groups in total. The number of hydrogen-bond donors (Lipinski definition) is 1. The van der Waals surface area contributed by atoms with Crippen molar-refractivity contribution in [1.29, 1.82) is 0 Å². The van der Waals surface area contributed by atoms with E-state index < -0.39 is 0 Å².